The summed E-state index contributed by atoms with van der Waals surface area (Å²) >= 11 is 1.62. The zero-order valence-electron chi connectivity index (χ0n) is 8.77. The van der Waals surface area contributed by atoms with Gasteiger partial charge in [-0.3, -0.25) is 0 Å². The Bertz CT molecular complexity index is 476. The molecule has 0 aliphatic rings. The third kappa shape index (κ3) is 2.15. The minimum atomic E-state index is 0.828. The summed E-state index contributed by atoms with van der Waals surface area (Å²) in [7, 11) is 1.98. The minimum absolute atomic E-state index is 0.828. The van der Waals surface area contributed by atoms with Gasteiger partial charge in [-0.05, 0) is 24.6 Å². The Kier molecular flexibility index (Phi) is 2.68. The highest BCUT2D eigenvalue weighted by molar-refractivity contribution is 7.99. The molecule has 15 heavy (non-hydrogen) atoms. The average molecular weight is 219 g/mol. The lowest BCUT2D eigenvalue weighted by molar-refractivity contribution is 0.790. The molecule has 0 fully saturated rings. The van der Waals surface area contributed by atoms with Crippen molar-refractivity contribution in [1.29, 1.82) is 0 Å². The molecule has 0 atom stereocenters. The summed E-state index contributed by atoms with van der Waals surface area (Å²) in [5.74, 6) is 0. The van der Waals surface area contributed by atoms with E-state index in [1.54, 1.807) is 18.0 Å². The van der Waals surface area contributed by atoms with E-state index in [1.807, 2.05) is 36.9 Å². The largest absolute Gasteiger partial charge is 0.398 e. The third-order valence-corrected chi connectivity index (χ3v) is 3.30. The maximum Gasteiger partial charge on any atom is 0.172 e. The average Bonchev–Trinajstić information content (AvgIpc) is 2.59. The molecule has 2 rings (SSSR count). The molecule has 0 amide bonds. The SMILES string of the molecule is Cc1ccc(Sc2nccn2C)cc1N. The zero-order chi connectivity index (χ0) is 10.8. The van der Waals surface area contributed by atoms with Crippen LogP contribution >= 0.6 is 11.8 Å². The van der Waals surface area contributed by atoms with Gasteiger partial charge in [-0.1, -0.05) is 17.8 Å². The van der Waals surface area contributed by atoms with Gasteiger partial charge < -0.3 is 10.3 Å². The number of nitrogen functional groups attached to an aromatic ring is 1. The predicted octanol–water partition coefficient (Wildman–Crippen LogP) is 2.46. The second kappa shape index (κ2) is 3.98. The summed E-state index contributed by atoms with van der Waals surface area (Å²) in [6.07, 6.45) is 3.72. The van der Waals surface area contributed by atoms with Gasteiger partial charge in [0.2, 0.25) is 0 Å². The van der Waals surface area contributed by atoms with Gasteiger partial charge in [0.25, 0.3) is 0 Å². The first kappa shape index (κ1) is 10.1. The molecule has 0 aliphatic carbocycles. The first-order chi connectivity index (χ1) is 7.16. The molecule has 0 bridgehead atoms. The summed E-state index contributed by atoms with van der Waals surface area (Å²) in [4.78, 5) is 5.37. The number of nitrogens with zero attached hydrogens (tertiary/aromatic N) is 2. The highest BCUT2D eigenvalue weighted by atomic mass is 32.2. The molecule has 3 nitrogen and oxygen atoms in total. The van der Waals surface area contributed by atoms with Crippen molar-refractivity contribution in [1.82, 2.24) is 9.55 Å². The topological polar surface area (TPSA) is 43.8 Å². The Balaban J connectivity index is 2.25. The van der Waals surface area contributed by atoms with Crippen LogP contribution in [0.3, 0.4) is 0 Å². The summed E-state index contributed by atoms with van der Waals surface area (Å²) in [6.45, 7) is 2.00. The Morgan fingerprint density at radius 2 is 2.20 bits per heavy atom. The second-order valence-corrected chi connectivity index (χ2v) is 4.48. The molecule has 78 valence electrons. The van der Waals surface area contributed by atoms with E-state index in [2.05, 4.69) is 11.1 Å². The molecule has 0 saturated carbocycles. The number of aromatic nitrogens is 2. The predicted molar refractivity (Wildman–Crippen MR) is 62.9 cm³/mol. The Hall–Kier alpha value is -1.42. The first-order valence-corrected chi connectivity index (χ1v) is 5.50. The van der Waals surface area contributed by atoms with Crippen LogP contribution in [0.5, 0.6) is 0 Å². The van der Waals surface area contributed by atoms with Crippen molar-refractivity contribution in [2.24, 2.45) is 7.05 Å². The van der Waals surface area contributed by atoms with Crippen LogP contribution in [-0.2, 0) is 7.05 Å². The summed E-state index contributed by atoms with van der Waals surface area (Å²) in [5, 5.41) is 0.971. The van der Waals surface area contributed by atoms with E-state index >= 15 is 0 Å². The van der Waals surface area contributed by atoms with Crippen molar-refractivity contribution in [3.63, 3.8) is 0 Å². The Morgan fingerprint density at radius 3 is 2.80 bits per heavy atom. The van der Waals surface area contributed by atoms with Crippen molar-refractivity contribution in [3.05, 3.63) is 36.2 Å². The molecule has 4 heteroatoms. The van der Waals surface area contributed by atoms with E-state index in [9.17, 15) is 0 Å². The zero-order valence-corrected chi connectivity index (χ0v) is 9.58. The first-order valence-electron chi connectivity index (χ1n) is 4.68. The summed E-state index contributed by atoms with van der Waals surface area (Å²) in [5.41, 5.74) is 7.79. The number of aryl methyl sites for hydroxylation is 2. The standard InChI is InChI=1S/C11H13N3S/c1-8-3-4-9(7-10(8)12)15-11-13-5-6-14(11)2/h3-7H,12H2,1-2H3. The lowest BCUT2D eigenvalue weighted by atomic mass is 10.2. The molecule has 1 heterocycles. The van der Waals surface area contributed by atoms with E-state index in [4.69, 9.17) is 5.73 Å². The van der Waals surface area contributed by atoms with Gasteiger partial charge >= 0.3 is 0 Å². The second-order valence-electron chi connectivity index (χ2n) is 3.44. The molecule has 0 radical (unpaired) electrons. The highest BCUT2D eigenvalue weighted by Gasteiger charge is 2.03. The Morgan fingerprint density at radius 1 is 1.40 bits per heavy atom. The van der Waals surface area contributed by atoms with Crippen LogP contribution in [0, 0.1) is 6.92 Å². The van der Waals surface area contributed by atoms with Gasteiger partial charge in [0.05, 0.1) is 0 Å². The number of rotatable bonds is 2. The molecular weight excluding hydrogens is 206 g/mol. The normalized spacial score (nSPS) is 10.5. The van der Waals surface area contributed by atoms with Crippen molar-refractivity contribution < 1.29 is 0 Å². The Labute approximate surface area is 93.3 Å². The maximum absolute atomic E-state index is 5.85. The van der Waals surface area contributed by atoms with Crippen molar-refractivity contribution in [2.75, 3.05) is 5.73 Å². The van der Waals surface area contributed by atoms with Crippen LogP contribution in [0.2, 0.25) is 0 Å². The highest BCUT2D eigenvalue weighted by Crippen LogP contribution is 2.28. The van der Waals surface area contributed by atoms with E-state index < -0.39 is 0 Å². The van der Waals surface area contributed by atoms with Gasteiger partial charge in [-0.2, -0.15) is 0 Å². The molecule has 0 saturated heterocycles. The van der Waals surface area contributed by atoms with Gasteiger partial charge in [0, 0.05) is 30.0 Å². The van der Waals surface area contributed by atoms with Crippen LogP contribution in [0.4, 0.5) is 5.69 Å². The smallest absolute Gasteiger partial charge is 0.172 e. The van der Waals surface area contributed by atoms with Crippen LogP contribution < -0.4 is 5.73 Å². The molecule has 0 spiro atoms. The van der Waals surface area contributed by atoms with Crippen LogP contribution in [-0.4, -0.2) is 9.55 Å². The molecule has 2 aromatic rings. The third-order valence-electron chi connectivity index (χ3n) is 2.24. The number of anilines is 1. The number of imidazole rings is 1. The lowest BCUT2D eigenvalue weighted by Crippen LogP contribution is -1.91. The van der Waals surface area contributed by atoms with E-state index in [1.165, 1.54) is 0 Å². The number of hydrogen-bond acceptors (Lipinski definition) is 3. The number of hydrogen-bond donors (Lipinski definition) is 1. The van der Waals surface area contributed by atoms with Crippen LogP contribution in [0.15, 0.2) is 40.6 Å². The molecular formula is C11H13N3S. The molecule has 0 unspecified atom stereocenters. The molecule has 0 aliphatic heterocycles. The minimum Gasteiger partial charge on any atom is -0.398 e. The van der Waals surface area contributed by atoms with Crippen LogP contribution in [0.25, 0.3) is 0 Å². The fraction of sp³-hybridized carbons (Fsp3) is 0.182. The molecule has 1 aromatic carbocycles. The van der Waals surface area contributed by atoms with E-state index in [0.717, 1.165) is 21.3 Å². The maximum atomic E-state index is 5.85. The van der Waals surface area contributed by atoms with Gasteiger partial charge in [0.1, 0.15) is 0 Å². The summed E-state index contributed by atoms with van der Waals surface area (Å²) < 4.78 is 1.99. The van der Waals surface area contributed by atoms with Crippen molar-refractivity contribution in [3.8, 4) is 0 Å². The van der Waals surface area contributed by atoms with E-state index in [0.29, 0.717) is 0 Å². The number of nitrogens with two attached hydrogens (primary N) is 1. The van der Waals surface area contributed by atoms with Gasteiger partial charge in [-0.25, -0.2) is 4.98 Å². The van der Waals surface area contributed by atoms with Crippen LogP contribution in [0.1, 0.15) is 5.56 Å². The van der Waals surface area contributed by atoms with Crippen molar-refractivity contribution in [2.45, 2.75) is 17.0 Å². The summed E-state index contributed by atoms with van der Waals surface area (Å²) in [6, 6.07) is 6.07. The van der Waals surface area contributed by atoms with Gasteiger partial charge in [-0.15, -0.1) is 0 Å². The lowest BCUT2D eigenvalue weighted by Gasteiger charge is -2.04. The molecule has 1 aromatic heterocycles. The number of benzene rings is 1. The monoisotopic (exact) mass is 219 g/mol. The fourth-order valence-electron chi connectivity index (χ4n) is 1.24. The van der Waals surface area contributed by atoms with E-state index in [-0.39, 0.29) is 0 Å². The van der Waals surface area contributed by atoms with Crippen molar-refractivity contribution >= 4 is 17.4 Å². The fourth-order valence-corrected chi connectivity index (χ4v) is 2.09. The molecule has 2 N–H and O–H groups in total. The van der Waals surface area contributed by atoms with Gasteiger partial charge in [0.15, 0.2) is 5.16 Å². The quantitative estimate of drug-likeness (QED) is 0.789.